The molecule has 3 heteroatoms. The van der Waals surface area contributed by atoms with Crippen molar-refractivity contribution >= 4 is 27.6 Å². The Morgan fingerprint density at radius 1 is 0.697 bits per heavy atom. The Labute approximate surface area is 192 Å². The number of phenols is 2. The lowest BCUT2D eigenvalue weighted by Gasteiger charge is -2.17. The fraction of sp³-hybridized carbons (Fsp3) is 0.0667. The van der Waals surface area contributed by atoms with Crippen molar-refractivity contribution in [2.24, 2.45) is 0 Å². The van der Waals surface area contributed by atoms with Crippen molar-refractivity contribution in [3.05, 3.63) is 114 Å². The van der Waals surface area contributed by atoms with E-state index in [0.717, 1.165) is 32.7 Å². The Hall–Kier alpha value is -4.08. The molecule has 0 aliphatic rings. The Kier molecular flexibility index (Phi) is 5.55. The van der Waals surface area contributed by atoms with E-state index in [9.17, 15) is 10.2 Å². The molecule has 5 aromatic rings. The maximum absolute atomic E-state index is 11.4. The average molecular weight is 433 g/mol. The first-order valence-electron chi connectivity index (χ1n) is 10.9. The SMILES string of the molecule is C=Cc1ccc(COCc2cc3ccccc3c(-c3c(O)ccc4ccccc34)c2O)cc1. The highest BCUT2D eigenvalue weighted by Gasteiger charge is 2.19. The van der Waals surface area contributed by atoms with E-state index in [-0.39, 0.29) is 18.1 Å². The number of hydrogen-bond acceptors (Lipinski definition) is 3. The summed E-state index contributed by atoms with van der Waals surface area (Å²) in [5, 5.41) is 26.0. The molecule has 0 aliphatic carbocycles. The number of benzene rings is 5. The molecule has 0 heterocycles. The van der Waals surface area contributed by atoms with Crippen LogP contribution in [-0.2, 0) is 18.0 Å². The Morgan fingerprint density at radius 3 is 2.09 bits per heavy atom. The molecule has 0 spiro atoms. The van der Waals surface area contributed by atoms with Gasteiger partial charge in [-0.2, -0.15) is 0 Å². The number of aromatic hydroxyl groups is 2. The summed E-state index contributed by atoms with van der Waals surface area (Å²) in [6, 6.07) is 29.3. The second-order valence-electron chi connectivity index (χ2n) is 8.10. The third-order valence-corrected chi connectivity index (χ3v) is 6.00. The smallest absolute Gasteiger partial charge is 0.129 e. The van der Waals surface area contributed by atoms with Crippen molar-refractivity contribution in [2.45, 2.75) is 13.2 Å². The van der Waals surface area contributed by atoms with Crippen LogP contribution < -0.4 is 0 Å². The van der Waals surface area contributed by atoms with Crippen LogP contribution in [0, 0.1) is 0 Å². The highest BCUT2D eigenvalue weighted by Crippen LogP contribution is 2.46. The normalized spacial score (nSPS) is 11.2. The van der Waals surface area contributed by atoms with Crippen LogP contribution >= 0.6 is 0 Å². The van der Waals surface area contributed by atoms with Gasteiger partial charge in [-0.05, 0) is 44.8 Å². The van der Waals surface area contributed by atoms with E-state index in [1.165, 1.54) is 0 Å². The van der Waals surface area contributed by atoms with Gasteiger partial charge < -0.3 is 14.9 Å². The van der Waals surface area contributed by atoms with Gasteiger partial charge in [0.05, 0.1) is 13.2 Å². The highest BCUT2D eigenvalue weighted by molar-refractivity contribution is 6.10. The minimum absolute atomic E-state index is 0.127. The average Bonchev–Trinajstić information content (AvgIpc) is 2.85. The molecule has 0 saturated heterocycles. The quantitative estimate of drug-likeness (QED) is 0.293. The highest BCUT2D eigenvalue weighted by atomic mass is 16.5. The molecule has 5 aromatic carbocycles. The summed E-state index contributed by atoms with van der Waals surface area (Å²) in [6.45, 7) is 4.46. The van der Waals surface area contributed by atoms with Crippen LogP contribution in [0.15, 0.2) is 97.6 Å². The molecular formula is C30H24O3. The van der Waals surface area contributed by atoms with Crippen molar-refractivity contribution in [3.63, 3.8) is 0 Å². The molecule has 0 bridgehead atoms. The van der Waals surface area contributed by atoms with Crippen LogP contribution in [0.2, 0.25) is 0 Å². The van der Waals surface area contributed by atoms with E-state index >= 15 is 0 Å². The molecule has 0 unspecified atom stereocenters. The van der Waals surface area contributed by atoms with Gasteiger partial charge in [0.1, 0.15) is 11.5 Å². The van der Waals surface area contributed by atoms with Crippen LogP contribution in [-0.4, -0.2) is 10.2 Å². The Balaban J connectivity index is 1.58. The summed E-state index contributed by atoms with van der Waals surface area (Å²) in [5.41, 5.74) is 4.04. The van der Waals surface area contributed by atoms with Crippen molar-refractivity contribution in [1.29, 1.82) is 0 Å². The second kappa shape index (κ2) is 8.81. The van der Waals surface area contributed by atoms with Crippen molar-refractivity contribution in [2.75, 3.05) is 0 Å². The van der Waals surface area contributed by atoms with Gasteiger partial charge in [0.25, 0.3) is 0 Å². The molecule has 33 heavy (non-hydrogen) atoms. The zero-order valence-electron chi connectivity index (χ0n) is 18.2. The van der Waals surface area contributed by atoms with Crippen LogP contribution in [0.25, 0.3) is 38.7 Å². The fourth-order valence-electron chi connectivity index (χ4n) is 4.31. The van der Waals surface area contributed by atoms with Gasteiger partial charge in [0.2, 0.25) is 0 Å². The van der Waals surface area contributed by atoms with E-state index in [2.05, 4.69) is 6.58 Å². The van der Waals surface area contributed by atoms with Gasteiger partial charge in [-0.15, -0.1) is 0 Å². The van der Waals surface area contributed by atoms with Gasteiger partial charge in [0, 0.05) is 16.7 Å². The Morgan fingerprint density at radius 2 is 1.36 bits per heavy atom. The van der Waals surface area contributed by atoms with Gasteiger partial charge in [-0.3, -0.25) is 0 Å². The summed E-state index contributed by atoms with van der Waals surface area (Å²) in [5.74, 6) is 0.261. The number of rotatable bonds is 6. The summed E-state index contributed by atoms with van der Waals surface area (Å²) < 4.78 is 5.97. The third kappa shape index (κ3) is 3.95. The van der Waals surface area contributed by atoms with Crippen LogP contribution in [0.5, 0.6) is 11.5 Å². The van der Waals surface area contributed by atoms with Gasteiger partial charge in [-0.25, -0.2) is 0 Å². The van der Waals surface area contributed by atoms with Gasteiger partial charge in [0.15, 0.2) is 0 Å². The maximum atomic E-state index is 11.4. The molecule has 162 valence electrons. The van der Waals surface area contributed by atoms with Gasteiger partial charge in [-0.1, -0.05) is 91.5 Å². The molecule has 0 aromatic heterocycles. The number of ether oxygens (including phenoxy) is 1. The summed E-state index contributed by atoms with van der Waals surface area (Å²) in [7, 11) is 0. The largest absolute Gasteiger partial charge is 0.507 e. The first kappa shape index (κ1) is 20.8. The number of phenolic OH excluding ortho intramolecular Hbond substituents is 2. The number of hydrogen-bond donors (Lipinski definition) is 2. The second-order valence-corrected chi connectivity index (χ2v) is 8.10. The predicted octanol–water partition coefficient (Wildman–Crippen LogP) is 7.43. The molecule has 2 N–H and O–H groups in total. The first-order chi connectivity index (χ1) is 16.2. The van der Waals surface area contributed by atoms with Crippen molar-refractivity contribution in [3.8, 4) is 22.6 Å². The van der Waals surface area contributed by atoms with Gasteiger partial charge >= 0.3 is 0 Å². The molecule has 5 rings (SSSR count). The molecule has 0 aliphatic heterocycles. The molecule has 3 nitrogen and oxygen atoms in total. The summed E-state index contributed by atoms with van der Waals surface area (Å²) in [6.07, 6.45) is 1.81. The first-order valence-corrected chi connectivity index (χ1v) is 10.9. The third-order valence-electron chi connectivity index (χ3n) is 6.00. The van der Waals surface area contributed by atoms with E-state index < -0.39 is 0 Å². The molecular weight excluding hydrogens is 408 g/mol. The van der Waals surface area contributed by atoms with Crippen LogP contribution in [0.4, 0.5) is 0 Å². The zero-order valence-corrected chi connectivity index (χ0v) is 18.2. The van der Waals surface area contributed by atoms with Crippen molar-refractivity contribution in [1.82, 2.24) is 0 Å². The zero-order chi connectivity index (χ0) is 22.8. The lowest BCUT2D eigenvalue weighted by Crippen LogP contribution is -1.97. The minimum Gasteiger partial charge on any atom is -0.507 e. The summed E-state index contributed by atoms with van der Waals surface area (Å²) in [4.78, 5) is 0. The fourth-order valence-corrected chi connectivity index (χ4v) is 4.31. The molecule has 0 amide bonds. The van der Waals surface area contributed by atoms with Crippen molar-refractivity contribution < 1.29 is 14.9 Å². The van der Waals surface area contributed by atoms with Crippen LogP contribution in [0.1, 0.15) is 16.7 Å². The Bertz CT molecular complexity index is 1470. The molecule has 0 atom stereocenters. The molecule has 0 fully saturated rings. The minimum atomic E-state index is 0.127. The standard InChI is InChI=1S/C30H24O3/c1-2-20-11-13-21(14-12-20)18-33-19-24-17-23-8-4-6-10-26(23)29(30(24)32)28-25-9-5-3-7-22(25)15-16-27(28)31/h2-17,31-32H,1,18-19H2. The lowest BCUT2D eigenvalue weighted by molar-refractivity contribution is 0.105. The topological polar surface area (TPSA) is 49.7 Å². The van der Waals surface area contributed by atoms with E-state index in [4.69, 9.17) is 4.74 Å². The predicted molar refractivity (Wildman–Crippen MR) is 135 cm³/mol. The van der Waals surface area contributed by atoms with E-state index in [1.54, 1.807) is 6.07 Å². The van der Waals surface area contributed by atoms with E-state index in [1.807, 2.05) is 91.0 Å². The summed E-state index contributed by atoms with van der Waals surface area (Å²) >= 11 is 0. The van der Waals surface area contributed by atoms with Crippen LogP contribution in [0.3, 0.4) is 0 Å². The van der Waals surface area contributed by atoms with E-state index in [0.29, 0.717) is 23.3 Å². The molecule has 0 radical (unpaired) electrons. The lowest BCUT2D eigenvalue weighted by atomic mass is 9.90. The monoisotopic (exact) mass is 432 g/mol. The number of fused-ring (bicyclic) bond motifs is 2. The molecule has 0 saturated carbocycles. The maximum Gasteiger partial charge on any atom is 0.129 e.